The van der Waals surface area contributed by atoms with Crippen molar-refractivity contribution in [1.29, 1.82) is 0 Å². The smallest absolute Gasteiger partial charge is 0.0149 e. The van der Waals surface area contributed by atoms with Gasteiger partial charge in [0.1, 0.15) is 0 Å². The second-order valence-electron chi connectivity index (χ2n) is 3.32. The van der Waals surface area contributed by atoms with Gasteiger partial charge in [0, 0.05) is 0 Å². The summed E-state index contributed by atoms with van der Waals surface area (Å²) in [4.78, 5) is 0. The Bertz CT molecular complexity index is 401. The lowest BCUT2D eigenvalue weighted by Gasteiger charge is -2.02. The van der Waals surface area contributed by atoms with Crippen LogP contribution < -0.4 is 0 Å². The van der Waals surface area contributed by atoms with Gasteiger partial charge >= 0.3 is 0 Å². The lowest BCUT2D eigenvalue weighted by Crippen LogP contribution is -1.82. The first-order valence-electron chi connectivity index (χ1n) is 4.96. The zero-order chi connectivity index (χ0) is 9.80. The topological polar surface area (TPSA) is 0 Å². The van der Waals surface area contributed by atoms with Crippen LogP contribution in [0.1, 0.15) is 12.5 Å². The quantitative estimate of drug-likeness (QED) is 0.662. The first-order valence-corrected chi connectivity index (χ1v) is 4.96. The molecule has 0 aliphatic heterocycles. The third kappa shape index (κ3) is 1.85. The Kier molecular flexibility index (Phi) is 2.64. The van der Waals surface area contributed by atoms with Crippen molar-refractivity contribution in [1.82, 2.24) is 0 Å². The molecule has 0 N–H and O–H groups in total. The second-order valence-corrected chi connectivity index (χ2v) is 3.32. The van der Waals surface area contributed by atoms with Crippen molar-refractivity contribution in [2.75, 3.05) is 0 Å². The molecule has 0 unspecified atom stereocenters. The molecule has 0 aromatic heterocycles. The van der Waals surface area contributed by atoms with Gasteiger partial charge in [-0.2, -0.15) is 0 Å². The molecular weight excluding hydrogens is 168 g/mol. The molecular formula is C14H13. The van der Waals surface area contributed by atoms with E-state index in [4.69, 9.17) is 0 Å². The van der Waals surface area contributed by atoms with Gasteiger partial charge in [0.25, 0.3) is 0 Å². The Morgan fingerprint density at radius 3 is 2.50 bits per heavy atom. The summed E-state index contributed by atoms with van der Waals surface area (Å²) in [5, 5.41) is 0. The van der Waals surface area contributed by atoms with Gasteiger partial charge in [-0.3, -0.25) is 0 Å². The van der Waals surface area contributed by atoms with Gasteiger partial charge in [-0.25, -0.2) is 0 Å². The van der Waals surface area contributed by atoms with Crippen molar-refractivity contribution in [2.24, 2.45) is 0 Å². The summed E-state index contributed by atoms with van der Waals surface area (Å²) in [6, 6.07) is 20.0. The predicted octanol–water partition coefficient (Wildman–Crippen LogP) is 3.72. The zero-order valence-electron chi connectivity index (χ0n) is 8.33. The molecule has 0 fully saturated rings. The van der Waals surface area contributed by atoms with Crippen LogP contribution in [0.3, 0.4) is 0 Å². The third-order valence-corrected chi connectivity index (χ3v) is 2.35. The Labute approximate surface area is 85.2 Å². The lowest BCUT2D eigenvalue weighted by molar-refractivity contribution is 1.14. The highest BCUT2D eigenvalue weighted by Gasteiger charge is 1.96. The van der Waals surface area contributed by atoms with E-state index in [0.29, 0.717) is 0 Å². The molecule has 0 atom stereocenters. The zero-order valence-corrected chi connectivity index (χ0v) is 8.33. The Hall–Kier alpha value is -1.56. The second kappa shape index (κ2) is 4.10. The van der Waals surface area contributed by atoms with E-state index in [1.54, 1.807) is 0 Å². The Morgan fingerprint density at radius 1 is 1.00 bits per heavy atom. The van der Waals surface area contributed by atoms with Crippen molar-refractivity contribution in [3.63, 3.8) is 0 Å². The van der Waals surface area contributed by atoms with Gasteiger partial charge < -0.3 is 0 Å². The van der Waals surface area contributed by atoms with E-state index in [0.717, 1.165) is 6.42 Å². The number of aryl methyl sites for hydroxylation is 1. The molecule has 0 saturated carbocycles. The van der Waals surface area contributed by atoms with Crippen LogP contribution in [0.2, 0.25) is 0 Å². The minimum absolute atomic E-state index is 1.04. The van der Waals surface area contributed by atoms with Crippen molar-refractivity contribution >= 4 is 0 Å². The van der Waals surface area contributed by atoms with Crippen molar-refractivity contribution < 1.29 is 0 Å². The molecule has 0 saturated heterocycles. The molecule has 2 rings (SSSR count). The number of benzene rings is 2. The Morgan fingerprint density at radius 2 is 1.79 bits per heavy atom. The van der Waals surface area contributed by atoms with E-state index in [-0.39, 0.29) is 0 Å². The maximum absolute atomic E-state index is 3.23. The maximum atomic E-state index is 3.23. The minimum atomic E-state index is 1.04. The van der Waals surface area contributed by atoms with Crippen molar-refractivity contribution in [3.05, 3.63) is 60.2 Å². The standard InChI is InChI=1S/C14H13/c1-2-12-7-6-10-14(11-12)13-8-4-3-5-9-13/h3-6,8-11H,2H2,1H3. The fraction of sp³-hybridized carbons (Fsp3) is 0.143. The molecule has 1 radical (unpaired) electrons. The van der Waals surface area contributed by atoms with Crippen LogP contribution in [0.15, 0.2) is 48.5 Å². The molecule has 0 amide bonds. The molecule has 0 heteroatoms. The van der Waals surface area contributed by atoms with Crippen LogP contribution >= 0.6 is 0 Å². The Balaban J connectivity index is 2.42. The molecule has 0 nitrogen and oxygen atoms in total. The third-order valence-electron chi connectivity index (χ3n) is 2.35. The van der Waals surface area contributed by atoms with Crippen LogP contribution in [-0.4, -0.2) is 0 Å². The molecule has 14 heavy (non-hydrogen) atoms. The highest BCUT2D eigenvalue weighted by molar-refractivity contribution is 5.63. The summed E-state index contributed by atoms with van der Waals surface area (Å²) in [5.74, 6) is 0. The highest BCUT2D eigenvalue weighted by atomic mass is 14.0. The normalized spacial score (nSPS) is 10.1. The van der Waals surface area contributed by atoms with E-state index in [1.165, 1.54) is 16.7 Å². The SMILES string of the molecule is CCc1[c]ccc(-c2ccccc2)c1. The van der Waals surface area contributed by atoms with E-state index in [9.17, 15) is 0 Å². The van der Waals surface area contributed by atoms with Crippen molar-refractivity contribution in [2.45, 2.75) is 13.3 Å². The van der Waals surface area contributed by atoms with Gasteiger partial charge in [0.05, 0.1) is 0 Å². The van der Waals surface area contributed by atoms with Gasteiger partial charge in [-0.05, 0) is 29.2 Å². The van der Waals surface area contributed by atoms with E-state index >= 15 is 0 Å². The molecule has 0 heterocycles. The summed E-state index contributed by atoms with van der Waals surface area (Å²) >= 11 is 0. The highest BCUT2D eigenvalue weighted by Crippen LogP contribution is 2.19. The molecule has 69 valence electrons. The number of hydrogen-bond donors (Lipinski definition) is 0. The largest absolute Gasteiger partial charge is 0.0622 e. The van der Waals surface area contributed by atoms with Crippen LogP contribution in [0.25, 0.3) is 11.1 Å². The van der Waals surface area contributed by atoms with Gasteiger partial charge in [0.15, 0.2) is 0 Å². The first-order chi connectivity index (χ1) is 6.90. The molecule has 2 aromatic carbocycles. The van der Waals surface area contributed by atoms with Gasteiger partial charge in [-0.1, -0.05) is 55.5 Å². The van der Waals surface area contributed by atoms with Crippen LogP contribution in [0, 0.1) is 6.07 Å². The fourth-order valence-corrected chi connectivity index (χ4v) is 1.53. The summed E-state index contributed by atoms with van der Waals surface area (Å²) in [6.45, 7) is 2.15. The number of hydrogen-bond acceptors (Lipinski definition) is 0. The van der Waals surface area contributed by atoms with E-state index in [2.05, 4.69) is 49.4 Å². The van der Waals surface area contributed by atoms with E-state index in [1.807, 2.05) is 12.1 Å². The van der Waals surface area contributed by atoms with Crippen LogP contribution in [-0.2, 0) is 6.42 Å². The summed E-state index contributed by atoms with van der Waals surface area (Å²) in [6.07, 6.45) is 1.04. The van der Waals surface area contributed by atoms with E-state index < -0.39 is 0 Å². The average Bonchev–Trinajstić information content (AvgIpc) is 2.30. The minimum Gasteiger partial charge on any atom is -0.0622 e. The maximum Gasteiger partial charge on any atom is -0.0149 e. The fourth-order valence-electron chi connectivity index (χ4n) is 1.53. The van der Waals surface area contributed by atoms with Gasteiger partial charge in [0.2, 0.25) is 0 Å². The first kappa shape index (κ1) is 9.01. The summed E-state index contributed by atoms with van der Waals surface area (Å²) in [7, 11) is 0. The van der Waals surface area contributed by atoms with Crippen molar-refractivity contribution in [3.8, 4) is 11.1 Å². The average molecular weight is 181 g/mol. The molecule has 0 aliphatic carbocycles. The lowest BCUT2D eigenvalue weighted by atomic mass is 10.0. The molecule has 0 spiro atoms. The monoisotopic (exact) mass is 181 g/mol. The van der Waals surface area contributed by atoms with Crippen LogP contribution in [0.4, 0.5) is 0 Å². The molecule has 2 aromatic rings. The number of rotatable bonds is 2. The van der Waals surface area contributed by atoms with Gasteiger partial charge in [-0.15, -0.1) is 0 Å². The van der Waals surface area contributed by atoms with Crippen LogP contribution in [0.5, 0.6) is 0 Å². The molecule has 0 bridgehead atoms. The predicted molar refractivity (Wildman–Crippen MR) is 60.1 cm³/mol. The summed E-state index contributed by atoms with van der Waals surface area (Å²) < 4.78 is 0. The summed E-state index contributed by atoms with van der Waals surface area (Å²) in [5.41, 5.74) is 3.82. The molecule has 0 aliphatic rings.